The van der Waals surface area contributed by atoms with E-state index in [9.17, 15) is 10.1 Å². The Labute approximate surface area is 147 Å². The molecule has 0 spiro atoms. The summed E-state index contributed by atoms with van der Waals surface area (Å²) < 4.78 is 5.09. The van der Waals surface area contributed by atoms with Crippen molar-refractivity contribution in [3.8, 4) is 11.8 Å². The Kier molecular flexibility index (Phi) is 5.00. The van der Waals surface area contributed by atoms with Crippen molar-refractivity contribution >= 4 is 17.3 Å². The average Bonchev–Trinajstić information content (AvgIpc) is 2.66. The van der Waals surface area contributed by atoms with Gasteiger partial charge in [0.25, 0.3) is 5.91 Å². The highest BCUT2D eigenvalue weighted by Gasteiger charge is 2.17. The number of nitriles is 1. The second kappa shape index (κ2) is 7.54. The minimum atomic E-state index is -0.421. The number of nitrogens with one attached hydrogen (secondary N) is 1. The number of benzene rings is 2. The number of carbonyl (C=O) groups excluding carboxylic acids is 1. The molecule has 2 aromatic carbocycles. The van der Waals surface area contributed by atoms with E-state index in [0.29, 0.717) is 11.4 Å². The van der Waals surface area contributed by atoms with Crippen molar-refractivity contribution < 1.29 is 9.53 Å². The first kappa shape index (κ1) is 16.6. The van der Waals surface area contributed by atoms with Gasteiger partial charge in [-0.1, -0.05) is 18.2 Å². The standard InChI is InChI=1S/C20H19N3O2/c1-25-18-10-8-17(9-11-18)22-20(24)16(13-21)14-23-12-4-6-15-5-2-3-7-19(15)23/h2-3,5,7-11,14H,4,6,12H2,1H3,(H,22,24)/b16-14-. The molecule has 0 saturated heterocycles. The Morgan fingerprint density at radius 2 is 2.00 bits per heavy atom. The zero-order valence-corrected chi connectivity index (χ0v) is 14.0. The molecule has 0 radical (unpaired) electrons. The number of nitrogens with zero attached hydrogens (tertiary/aromatic N) is 2. The molecule has 1 aliphatic rings. The van der Waals surface area contributed by atoms with Crippen LogP contribution in [0, 0.1) is 11.3 Å². The summed E-state index contributed by atoms with van der Waals surface area (Å²) in [5, 5.41) is 12.2. The third kappa shape index (κ3) is 3.81. The van der Waals surface area contributed by atoms with Crippen LogP contribution in [0.3, 0.4) is 0 Å². The fourth-order valence-electron chi connectivity index (χ4n) is 2.86. The second-order valence-electron chi connectivity index (χ2n) is 5.76. The molecule has 3 rings (SSSR count). The van der Waals surface area contributed by atoms with Crippen LogP contribution < -0.4 is 15.0 Å². The largest absolute Gasteiger partial charge is 0.497 e. The number of hydrogen-bond donors (Lipinski definition) is 1. The molecule has 0 saturated carbocycles. The van der Waals surface area contributed by atoms with Gasteiger partial charge >= 0.3 is 0 Å². The Bertz CT molecular complexity index is 835. The molecule has 5 heteroatoms. The molecule has 1 heterocycles. The van der Waals surface area contributed by atoms with Gasteiger partial charge in [-0.2, -0.15) is 5.26 Å². The van der Waals surface area contributed by atoms with Crippen LogP contribution in [0.1, 0.15) is 12.0 Å². The topological polar surface area (TPSA) is 65.4 Å². The molecule has 1 amide bonds. The van der Waals surface area contributed by atoms with Gasteiger partial charge in [0.05, 0.1) is 7.11 Å². The Morgan fingerprint density at radius 3 is 2.72 bits per heavy atom. The second-order valence-corrected chi connectivity index (χ2v) is 5.76. The first-order valence-corrected chi connectivity index (χ1v) is 8.13. The smallest absolute Gasteiger partial charge is 0.267 e. The number of methoxy groups -OCH3 is 1. The summed E-state index contributed by atoms with van der Waals surface area (Å²) in [4.78, 5) is 14.4. The van der Waals surface area contributed by atoms with Gasteiger partial charge in [-0.15, -0.1) is 0 Å². The van der Waals surface area contributed by atoms with Gasteiger partial charge in [0.2, 0.25) is 0 Å². The normalized spacial score (nSPS) is 13.6. The monoisotopic (exact) mass is 333 g/mol. The van der Waals surface area contributed by atoms with Crippen LogP contribution >= 0.6 is 0 Å². The SMILES string of the molecule is COc1ccc(NC(=O)/C(C#N)=C\N2CCCc3ccccc32)cc1. The lowest BCUT2D eigenvalue weighted by Crippen LogP contribution is -2.26. The highest BCUT2D eigenvalue weighted by atomic mass is 16.5. The average molecular weight is 333 g/mol. The summed E-state index contributed by atoms with van der Waals surface area (Å²) in [5.41, 5.74) is 2.98. The fraction of sp³-hybridized carbons (Fsp3) is 0.200. The van der Waals surface area contributed by atoms with Crippen molar-refractivity contribution in [1.29, 1.82) is 5.26 Å². The first-order valence-electron chi connectivity index (χ1n) is 8.13. The van der Waals surface area contributed by atoms with Crippen molar-refractivity contribution in [1.82, 2.24) is 0 Å². The van der Waals surface area contributed by atoms with Crippen molar-refractivity contribution in [3.63, 3.8) is 0 Å². The predicted molar refractivity (Wildman–Crippen MR) is 97.4 cm³/mol. The van der Waals surface area contributed by atoms with Crippen LogP contribution in [-0.4, -0.2) is 19.6 Å². The molecule has 0 fully saturated rings. The Balaban J connectivity index is 1.78. The highest BCUT2D eigenvalue weighted by Crippen LogP contribution is 2.27. The number of anilines is 2. The number of ether oxygens (including phenoxy) is 1. The number of aryl methyl sites for hydroxylation is 1. The maximum Gasteiger partial charge on any atom is 0.267 e. The van der Waals surface area contributed by atoms with E-state index in [2.05, 4.69) is 11.4 Å². The van der Waals surface area contributed by atoms with E-state index in [1.54, 1.807) is 37.6 Å². The van der Waals surface area contributed by atoms with Crippen LogP contribution in [0.4, 0.5) is 11.4 Å². The lowest BCUT2D eigenvalue weighted by molar-refractivity contribution is -0.112. The summed E-state index contributed by atoms with van der Waals surface area (Å²) in [7, 11) is 1.58. The molecular weight excluding hydrogens is 314 g/mol. The number of para-hydroxylation sites is 1. The molecule has 126 valence electrons. The summed E-state index contributed by atoms with van der Waals surface area (Å²) in [6.45, 7) is 0.790. The first-order chi connectivity index (χ1) is 12.2. The summed E-state index contributed by atoms with van der Waals surface area (Å²) in [5.74, 6) is 0.287. The van der Waals surface area contributed by atoms with E-state index in [-0.39, 0.29) is 5.57 Å². The molecule has 0 aliphatic carbocycles. The van der Waals surface area contributed by atoms with Gasteiger partial charge in [-0.3, -0.25) is 4.79 Å². The molecule has 0 unspecified atom stereocenters. The lowest BCUT2D eigenvalue weighted by Gasteiger charge is -2.28. The summed E-state index contributed by atoms with van der Waals surface area (Å²) >= 11 is 0. The molecule has 0 aromatic heterocycles. The lowest BCUT2D eigenvalue weighted by atomic mass is 10.0. The minimum absolute atomic E-state index is 0.0764. The van der Waals surface area contributed by atoms with Crippen LogP contribution in [0.15, 0.2) is 60.3 Å². The fourth-order valence-corrected chi connectivity index (χ4v) is 2.86. The molecule has 1 aliphatic heterocycles. The van der Waals surface area contributed by atoms with Gasteiger partial charge < -0.3 is 15.0 Å². The number of amides is 1. The summed E-state index contributed by atoms with van der Waals surface area (Å²) in [6, 6.07) is 17.1. The van der Waals surface area contributed by atoms with Gasteiger partial charge in [0.1, 0.15) is 17.4 Å². The highest BCUT2D eigenvalue weighted by molar-refractivity contribution is 6.06. The van der Waals surface area contributed by atoms with E-state index in [0.717, 1.165) is 25.1 Å². The molecule has 2 aromatic rings. The molecule has 1 N–H and O–H groups in total. The van der Waals surface area contributed by atoms with Crippen molar-refractivity contribution in [2.24, 2.45) is 0 Å². The predicted octanol–water partition coefficient (Wildman–Crippen LogP) is 3.49. The number of fused-ring (bicyclic) bond motifs is 1. The van der Waals surface area contributed by atoms with E-state index < -0.39 is 5.91 Å². The molecule has 5 nitrogen and oxygen atoms in total. The minimum Gasteiger partial charge on any atom is -0.497 e. The zero-order valence-electron chi connectivity index (χ0n) is 14.0. The van der Waals surface area contributed by atoms with E-state index in [1.807, 2.05) is 29.2 Å². The maximum absolute atomic E-state index is 12.4. The number of rotatable bonds is 4. The van der Waals surface area contributed by atoms with Crippen LogP contribution in [-0.2, 0) is 11.2 Å². The number of carbonyl (C=O) groups is 1. The molecule has 0 bridgehead atoms. The third-order valence-electron chi connectivity index (χ3n) is 4.14. The van der Waals surface area contributed by atoms with Crippen molar-refractivity contribution in [3.05, 3.63) is 65.9 Å². The van der Waals surface area contributed by atoms with Gasteiger partial charge in [-0.05, 0) is 48.7 Å². The van der Waals surface area contributed by atoms with E-state index in [1.165, 1.54) is 5.56 Å². The van der Waals surface area contributed by atoms with Crippen molar-refractivity contribution in [2.45, 2.75) is 12.8 Å². The van der Waals surface area contributed by atoms with Crippen LogP contribution in [0.5, 0.6) is 5.75 Å². The number of hydrogen-bond acceptors (Lipinski definition) is 4. The van der Waals surface area contributed by atoms with E-state index >= 15 is 0 Å². The Hall–Kier alpha value is -3.26. The van der Waals surface area contributed by atoms with E-state index in [4.69, 9.17) is 4.74 Å². The maximum atomic E-state index is 12.4. The third-order valence-corrected chi connectivity index (χ3v) is 4.14. The van der Waals surface area contributed by atoms with Crippen molar-refractivity contribution in [2.75, 3.05) is 23.9 Å². The zero-order chi connectivity index (χ0) is 17.6. The Morgan fingerprint density at radius 1 is 1.24 bits per heavy atom. The molecule has 0 atom stereocenters. The van der Waals surface area contributed by atoms with Crippen LogP contribution in [0.25, 0.3) is 0 Å². The van der Waals surface area contributed by atoms with Gasteiger partial charge in [-0.25, -0.2) is 0 Å². The summed E-state index contributed by atoms with van der Waals surface area (Å²) in [6.07, 6.45) is 3.64. The quantitative estimate of drug-likeness (QED) is 0.687. The molecular formula is C20H19N3O2. The van der Waals surface area contributed by atoms with Gasteiger partial charge in [0, 0.05) is 24.1 Å². The van der Waals surface area contributed by atoms with Gasteiger partial charge in [0.15, 0.2) is 0 Å². The molecule has 25 heavy (non-hydrogen) atoms. The van der Waals surface area contributed by atoms with Crippen LogP contribution in [0.2, 0.25) is 0 Å².